The maximum Gasteiger partial charge on any atom is 0.194 e. The van der Waals surface area contributed by atoms with E-state index in [0.717, 1.165) is 4.90 Å². The standard InChI is InChI=1S/C14H15ClN2O2S/c1-3-17-14(13(19-2)8-16-17)12(18)9-20-11-6-4-5-10(15)7-11/h4-8H,3,9H2,1-2H3. The Morgan fingerprint density at radius 2 is 2.30 bits per heavy atom. The van der Waals surface area contributed by atoms with Crippen LogP contribution in [0.15, 0.2) is 35.4 Å². The quantitative estimate of drug-likeness (QED) is 0.604. The molecule has 0 aliphatic rings. The Labute approximate surface area is 127 Å². The predicted octanol–water partition coefficient (Wildman–Crippen LogP) is 3.54. The minimum atomic E-state index is -0.00817. The number of nitrogens with zero attached hydrogens (tertiary/aromatic N) is 2. The first kappa shape index (κ1) is 14.9. The Kier molecular flexibility index (Phi) is 5.09. The molecule has 106 valence electrons. The van der Waals surface area contributed by atoms with Gasteiger partial charge in [-0.2, -0.15) is 5.10 Å². The fourth-order valence-electron chi connectivity index (χ4n) is 1.81. The first-order valence-corrected chi connectivity index (χ1v) is 7.53. The molecule has 0 saturated carbocycles. The fraction of sp³-hybridized carbons (Fsp3) is 0.286. The topological polar surface area (TPSA) is 44.1 Å². The lowest BCUT2D eigenvalue weighted by Crippen LogP contribution is -2.12. The first-order chi connectivity index (χ1) is 9.65. The molecule has 20 heavy (non-hydrogen) atoms. The lowest BCUT2D eigenvalue weighted by Gasteiger charge is -2.06. The van der Waals surface area contributed by atoms with Crippen LogP contribution in [0.4, 0.5) is 0 Å². The highest BCUT2D eigenvalue weighted by Gasteiger charge is 2.18. The van der Waals surface area contributed by atoms with Gasteiger partial charge in [0.1, 0.15) is 5.69 Å². The van der Waals surface area contributed by atoms with Gasteiger partial charge in [-0.25, -0.2) is 0 Å². The number of Topliss-reactive ketones (excluding diaryl/α,β-unsaturated/α-hetero) is 1. The van der Waals surface area contributed by atoms with Crippen molar-refractivity contribution in [3.05, 3.63) is 41.2 Å². The molecule has 0 aliphatic carbocycles. The fourth-order valence-corrected chi connectivity index (χ4v) is 2.89. The summed E-state index contributed by atoms with van der Waals surface area (Å²) in [4.78, 5) is 13.3. The second-order valence-corrected chi connectivity index (χ2v) is 5.53. The van der Waals surface area contributed by atoms with Crippen LogP contribution in [0.3, 0.4) is 0 Å². The molecule has 6 heteroatoms. The van der Waals surface area contributed by atoms with E-state index in [9.17, 15) is 4.79 Å². The van der Waals surface area contributed by atoms with Crippen molar-refractivity contribution >= 4 is 29.1 Å². The molecule has 0 N–H and O–H groups in total. The Morgan fingerprint density at radius 3 is 2.95 bits per heavy atom. The molecule has 2 rings (SSSR count). The summed E-state index contributed by atoms with van der Waals surface area (Å²) in [5.74, 6) is 0.831. The third-order valence-electron chi connectivity index (χ3n) is 2.76. The number of thioether (sulfide) groups is 1. The Morgan fingerprint density at radius 1 is 1.50 bits per heavy atom. The zero-order chi connectivity index (χ0) is 14.5. The summed E-state index contributed by atoms with van der Waals surface area (Å²) in [6, 6.07) is 7.45. The monoisotopic (exact) mass is 310 g/mol. The van der Waals surface area contributed by atoms with Gasteiger partial charge in [0.2, 0.25) is 0 Å². The number of hydrogen-bond acceptors (Lipinski definition) is 4. The van der Waals surface area contributed by atoms with Gasteiger partial charge in [0.05, 0.1) is 19.1 Å². The molecule has 0 fully saturated rings. The molecule has 0 spiro atoms. The van der Waals surface area contributed by atoms with Gasteiger partial charge in [0.25, 0.3) is 0 Å². The van der Waals surface area contributed by atoms with Gasteiger partial charge in [-0.15, -0.1) is 11.8 Å². The Bertz CT molecular complexity index is 591. The van der Waals surface area contributed by atoms with Crippen molar-refractivity contribution in [2.75, 3.05) is 12.9 Å². The van der Waals surface area contributed by atoms with E-state index in [-0.39, 0.29) is 5.78 Å². The maximum atomic E-state index is 12.3. The molecule has 0 bridgehead atoms. The number of ketones is 1. The van der Waals surface area contributed by atoms with E-state index in [1.165, 1.54) is 18.9 Å². The summed E-state index contributed by atoms with van der Waals surface area (Å²) in [6.07, 6.45) is 1.57. The van der Waals surface area contributed by atoms with Crippen molar-refractivity contribution < 1.29 is 9.53 Å². The van der Waals surface area contributed by atoms with Crippen molar-refractivity contribution in [3.8, 4) is 5.75 Å². The zero-order valence-corrected chi connectivity index (χ0v) is 12.9. The number of aryl methyl sites for hydroxylation is 1. The van der Waals surface area contributed by atoms with Crippen LogP contribution < -0.4 is 4.74 Å². The Hall–Kier alpha value is -1.46. The minimum absolute atomic E-state index is 0.00817. The van der Waals surface area contributed by atoms with Crippen molar-refractivity contribution in [2.24, 2.45) is 0 Å². The molecule has 0 saturated heterocycles. The molecule has 1 aromatic carbocycles. The van der Waals surface area contributed by atoms with E-state index in [4.69, 9.17) is 16.3 Å². The zero-order valence-electron chi connectivity index (χ0n) is 11.3. The molecule has 0 atom stereocenters. The van der Waals surface area contributed by atoms with Gasteiger partial charge >= 0.3 is 0 Å². The molecule has 0 radical (unpaired) electrons. The lowest BCUT2D eigenvalue weighted by molar-refractivity contribution is 0.100. The third kappa shape index (κ3) is 3.35. The van der Waals surface area contributed by atoms with Crippen molar-refractivity contribution in [2.45, 2.75) is 18.4 Å². The summed E-state index contributed by atoms with van der Waals surface area (Å²) in [6.45, 7) is 2.57. The van der Waals surface area contributed by atoms with Crippen LogP contribution in [-0.2, 0) is 6.54 Å². The maximum absolute atomic E-state index is 12.3. The van der Waals surface area contributed by atoms with E-state index >= 15 is 0 Å². The van der Waals surface area contributed by atoms with E-state index in [0.29, 0.717) is 28.8 Å². The number of methoxy groups -OCH3 is 1. The summed E-state index contributed by atoms with van der Waals surface area (Å²) < 4.78 is 6.84. The van der Waals surface area contributed by atoms with Gasteiger partial charge in [-0.1, -0.05) is 17.7 Å². The normalized spacial score (nSPS) is 10.6. The number of carbonyl (C=O) groups excluding carboxylic acids is 1. The number of rotatable bonds is 6. The smallest absolute Gasteiger partial charge is 0.194 e. The minimum Gasteiger partial charge on any atom is -0.493 e. The largest absolute Gasteiger partial charge is 0.493 e. The van der Waals surface area contributed by atoms with Crippen molar-refractivity contribution in [1.82, 2.24) is 9.78 Å². The SMILES string of the molecule is CCn1ncc(OC)c1C(=O)CSc1cccc(Cl)c1. The average Bonchev–Trinajstić information content (AvgIpc) is 2.88. The lowest BCUT2D eigenvalue weighted by atomic mass is 10.3. The number of benzene rings is 1. The van der Waals surface area contributed by atoms with Gasteiger partial charge in [0, 0.05) is 16.5 Å². The van der Waals surface area contributed by atoms with E-state index < -0.39 is 0 Å². The van der Waals surface area contributed by atoms with Crippen LogP contribution in [0.2, 0.25) is 5.02 Å². The molecule has 4 nitrogen and oxygen atoms in total. The van der Waals surface area contributed by atoms with Gasteiger partial charge in [-0.05, 0) is 25.1 Å². The predicted molar refractivity (Wildman–Crippen MR) is 81.0 cm³/mol. The molecule has 0 aliphatic heterocycles. The molecule has 1 aromatic heterocycles. The molecule has 0 unspecified atom stereocenters. The number of carbonyl (C=O) groups is 1. The van der Waals surface area contributed by atoms with Crippen LogP contribution >= 0.6 is 23.4 Å². The number of ether oxygens (including phenoxy) is 1. The van der Waals surface area contributed by atoms with Gasteiger partial charge < -0.3 is 4.74 Å². The second-order valence-electron chi connectivity index (χ2n) is 4.05. The van der Waals surface area contributed by atoms with Crippen LogP contribution in [0.1, 0.15) is 17.4 Å². The van der Waals surface area contributed by atoms with Crippen molar-refractivity contribution in [1.29, 1.82) is 0 Å². The van der Waals surface area contributed by atoms with E-state index in [1.54, 1.807) is 10.9 Å². The molecule has 2 aromatic rings. The second kappa shape index (κ2) is 6.81. The highest BCUT2D eigenvalue weighted by molar-refractivity contribution is 8.00. The van der Waals surface area contributed by atoms with Crippen LogP contribution in [0.5, 0.6) is 5.75 Å². The summed E-state index contributed by atoms with van der Waals surface area (Å²) >= 11 is 7.37. The number of aromatic nitrogens is 2. The van der Waals surface area contributed by atoms with Crippen LogP contribution in [0.25, 0.3) is 0 Å². The molecular formula is C14H15ClN2O2S. The van der Waals surface area contributed by atoms with Gasteiger partial charge in [0.15, 0.2) is 11.5 Å². The Balaban J connectivity index is 2.10. The average molecular weight is 311 g/mol. The van der Waals surface area contributed by atoms with Crippen molar-refractivity contribution in [3.63, 3.8) is 0 Å². The number of hydrogen-bond donors (Lipinski definition) is 0. The highest BCUT2D eigenvalue weighted by atomic mass is 35.5. The van der Waals surface area contributed by atoms with E-state index in [1.807, 2.05) is 31.2 Å². The first-order valence-electron chi connectivity index (χ1n) is 6.17. The highest BCUT2D eigenvalue weighted by Crippen LogP contribution is 2.25. The van der Waals surface area contributed by atoms with Crippen LogP contribution in [0, 0.1) is 0 Å². The van der Waals surface area contributed by atoms with Gasteiger partial charge in [-0.3, -0.25) is 9.48 Å². The van der Waals surface area contributed by atoms with Crippen LogP contribution in [-0.4, -0.2) is 28.4 Å². The molecular weight excluding hydrogens is 296 g/mol. The molecule has 0 amide bonds. The summed E-state index contributed by atoms with van der Waals surface area (Å²) in [5, 5.41) is 4.80. The summed E-state index contributed by atoms with van der Waals surface area (Å²) in [5.41, 5.74) is 0.518. The number of halogens is 1. The summed E-state index contributed by atoms with van der Waals surface area (Å²) in [7, 11) is 1.54. The van der Waals surface area contributed by atoms with E-state index in [2.05, 4.69) is 5.10 Å². The molecule has 1 heterocycles. The third-order valence-corrected chi connectivity index (χ3v) is 3.98.